The van der Waals surface area contributed by atoms with Gasteiger partial charge in [0, 0.05) is 5.56 Å². The van der Waals surface area contributed by atoms with Crippen LogP contribution in [0.2, 0.25) is 0 Å². The largest absolute Gasteiger partial charge is 0.489 e. The van der Waals surface area contributed by atoms with Crippen LogP contribution in [0.25, 0.3) is 0 Å². The zero-order valence-electron chi connectivity index (χ0n) is 9.67. The van der Waals surface area contributed by atoms with E-state index in [-0.39, 0.29) is 0 Å². The first kappa shape index (κ1) is 11.9. The van der Waals surface area contributed by atoms with Gasteiger partial charge in [-0.25, -0.2) is 0 Å². The quantitative estimate of drug-likeness (QED) is 0.606. The number of ether oxygens (including phenoxy) is 1. The molecule has 0 fully saturated rings. The van der Waals surface area contributed by atoms with Gasteiger partial charge in [-0.2, -0.15) is 5.26 Å². The molecule has 2 aromatic rings. The van der Waals surface area contributed by atoms with Crippen LogP contribution in [0.5, 0.6) is 5.75 Å². The molecular formula is C15H11NO2. The Morgan fingerprint density at radius 1 is 1.06 bits per heavy atom. The Labute approximate surface area is 105 Å². The number of rotatable bonds is 4. The van der Waals surface area contributed by atoms with Crippen molar-refractivity contribution in [3.63, 3.8) is 0 Å². The molecule has 0 aromatic heterocycles. The molecule has 0 aliphatic rings. The Balaban J connectivity index is 1.99. The van der Waals surface area contributed by atoms with Crippen molar-refractivity contribution in [1.29, 1.82) is 5.26 Å². The fraction of sp³-hybridized carbons (Fsp3) is 0.0667. The average Bonchev–Trinajstić information content (AvgIpc) is 2.46. The minimum atomic E-state index is -0.537. The maximum Gasteiger partial charge on any atom is 0.262 e. The van der Waals surface area contributed by atoms with Crippen LogP contribution in [0.1, 0.15) is 15.9 Å². The smallest absolute Gasteiger partial charge is 0.262 e. The van der Waals surface area contributed by atoms with Crippen molar-refractivity contribution in [2.75, 3.05) is 0 Å². The summed E-state index contributed by atoms with van der Waals surface area (Å²) in [5.74, 6) is 0.137. The van der Waals surface area contributed by atoms with E-state index in [1.165, 1.54) is 0 Å². The van der Waals surface area contributed by atoms with Crippen LogP contribution in [0.3, 0.4) is 0 Å². The molecule has 2 rings (SSSR count). The van der Waals surface area contributed by atoms with Crippen LogP contribution in [0, 0.1) is 11.3 Å². The van der Waals surface area contributed by atoms with E-state index >= 15 is 0 Å². The number of benzene rings is 2. The van der Waals surface area contributed by atoms with E-state index in [0.29, 0.717) is 17.9 Å². The van der Waals surface area contributed by atoms with Crippen LogP contribution in [-0.4, -0.2) is 5.78 Å². The predicted molar refractivity (Wildman–Crippen MR) is 67.2 cm³/mol. The second-order valence-corrected chi connectivity index (χ2v) is 3.74. The number of ketones is 1. The van der Waals surface area contributed by atoms with Gasteiger partial charge in [0.05, 0.1) is 0 Å². The van der Waals surface area contributed by atoms with E-state index in [1.807, 2.05) is 30.3 Å². The maximum absolute atomic E-state index is 11.1. The number of Topliss-reactive ketones (excluding diaryl/α,β-unsaturated/α-hetero) is 1. The molecule has 0 aliphatic heterocycles. The van der Waals surface area contributed by atoms with Crippen molar-refractivity contribution in [3.8, 4) is 11.8 Å². The number of nitrogens with zero attached hydrogens (tertiary/aromatic N) is 1. The van der Waals surface area contributed by atoms with E-state index in [4.69, 9.17) is 10.00 Å². The third-order valence-corrected chi connectivity index (χ3v) is 2.47. The number of hydrogen-bond donors (Lipinski definition) is 0. The predicted octanol–water partition coefficient (Wildman–Crippen LogP) is 2.97. The molecule has 0 atom stereocenters. The van der Waals surface area contributed by atoms with E-state index in [9.17, 15) is 4.79 Å². The van der Waals surface area contributed by atoms with Crippen molar-refractivity contribution < 1.29 is 9.53 Å². The lowest BCUT2D eigenvalue weighted by atomic mass is 10.1. The molecule has 3 heteroatoms. The van der Waals surface area contributed by atoms with Crippen molar-refractivity contribution in [2.45, 2.75) is 6.61 Å². The number of nitriles is 1. The third kappa shape index (κ3) is 2.96. The van der Waals surface area contributed by atoms with Gasteiger partial charge < -0.3 is 4.74 Å². The molecular weight excluding hydrogens is 226 g/mol. The minimum absolute atomic E-state index is 0.379. The van der Waals surface area contributed by atoms with Gasteiger partial charge in [0.15, 0.2) is 0 Å². The Kier molecular flexibility index (Phi) is 3.72. The van der Waals surface area contributed by atoms with Gasteiger partial charge in [0.1, 0.15) is 18.4 Å². The number of hydrogen-bond acceptors (Lipinski definition) is 3. The van der Waals surface area contributed by atoms with Gasteiger partial charge in [-0.1, -0.05) is 30.3 Å². The van der Waals surface area contributed by atoms with Crippen molar-refractivity contribution in [2.24, 2.45) is 0 Å². The number of carbonyl (C=O) groups is 1. The maximum atomic E-state index is 11.1. The van der Waals surface area contributed by atoms with Gasteiger partial charge in [0.2, 0.25) is 0 Å². The van der Waals surface area contributed by atoms with Crippen LogP contribution in [0.4, 0.5) is 0 Å². The SMILES string of the molecule is N#CC(=O)c1ccc(OCc2ccccc2)cc1. The lowest BCUT2D eigenvalue weighted by Crippen LogP contribution is -1.97. The third-order valence-electron chi connectivity index (χ3n) is 2.47. The van der Waals surface area contributed by atoms with Gasteiger partial charge in [0.25, 0.3) is 5.78 Å². The molecule has 3 nitrogen and oxygen atoms in total. The summed E-state index contributed by atoms with van der Waals surface area (Å²) in [5.41, 5.74) is 1.46. The van der Waals surface area contributed by atoms with Gasteiger partial charge in [-0.05, 0) is 29.8 Å². The van der Waals surface area contributed by atoms with Crippen molar-refractivity contribution in [3.05, 3.63) is 65.7 Å². The highest BCUT2D eigenvalue weighted by atomic mass is 16.5. The zero-order valence-corrected chi connectivity index (χ0v) is 9.67. The molecule has 0 saturated carbocycles. The Morgan fingerprint density at radius 3 is 2.33 bits per heavy atom. The second kappa shape index (κ2) is 5.65. The molecule has 0 heterocycles. The molecule has 18 heavy (non-hydrogen) atoms. The van der Waals surface area contributed by atoms with Crippen molar-refractivity contribution in [1.82, 2.24) is 0 Å². The highest BCUT2D eigenvalue weighted by Crippen LogP contribution is 2.14. The normalized spacial score (nSPS) is 9.50. The Morgan fingerprint density at radius 2 is 1.72 bits per heavy atom. The first-order valence-electron chi connectivity index (χ1n) is 5.51. The molecule has 0 amide bonds. The van der Waals surface area contributed by atoms with Crippen LogP contribution in [0.15, 0.2) is 54.6 Å². The molecule has 0 spiro atoms. The molecule has 88 valence electrons. The van der Waals surface area contributed by atoms with E-state index in [1.54, 1.807) is 30.3 Å². The summed E-state index contributed by atoms with van der Waals surface area (Å²) in [6.45, 7) is 0.479. The molecule has 0 aliphatic carbocycles. The number of carbonyl (C=O) groups excluding carboxylic acids is 1. The lowest BCUT2D eigenvalue weighted by Gasteiger charge is -2.06. The summed E-state index contributed by atoms with van der Waals surface area (Å²) in [7, 11) is 0. The monoisotopic (exact) mass is 237 g/mol. The van der Waals surface area contributed by atoms with Crippen LogP contribution >= 0.6 is 0 Å². The van der Waals surface area contributed by atoms with Gasteiger partial charge in [-0.15, -0.1) is 0 Å². The first-order valence-corrected chi connectivity index (χ1v) is 5.51. The van der Waals surface area contributed by atoms with Crippen LogP contribution in [-0.2, 0) is 6.61 Å². The summed E-state index contributed by atoms with van der Waals surface area (Å²) in [6, 6.07) is 17.9. The minimum Gasteiger partial charge on any atom is -0.489 e. The molecule has 0 unspecified atom stereocenters. The fourth-order valence-corrected chi connectivity index (χ4v) is 1.51. The van der Waals surface area contributed by atoms with E-state index in [2.05, 4.69) is 0 Å². The summed E-state index contributed by atoms with van der Waals surface area (Å²) in [5, 5.41) is 8.48. The van der Waals surface area contributed by atoms with Gasteiger partial charge in [-0.3, -0.25) is 4.79 Å². The van der Waals surface area contributed by atoms with Crippen molar-refractivity contribution >= 4 is 5.78 Å². The standard InChI is InChI=1S/C15H11NO2/c16-10-15(17)13-6-8-14(9-7-13)18-11-12-4-2-1-3-5-12/h1-9H,11H2. The zero-order chi connectivity index (χ0) is 12.8. The summed E-state index contributed by atoms with van der Waals surface area (Å²) >= 11 is 0. The highest BCUT2D eigenvalue weighted by Gasteiger charge is 2.03. The second-order valence-electron chi connectivity index (χ2n) is 3.74. The average molecular weight is 237 g/mol. The Hall–Kier alpha value is -2.60. The highest BCUT2D eigenvalue weighted by molar-refractivity contribution is 6.07. The van der Waals surface area contributed by atoms with E-state index in [0.717, 1.165) is 5.56 Å². The molecule has 2 aromatic carbocycles. The lowest BCUT2D eigenvalue weighted by molar-refractivity contribution is 0.105. The summed E-state index contributed by atoms with van der Waals surface area (Å²) in [4.78, 5) is 11.1. The van der Waals surface area contributed by atoms with Crippen LogP contribution < -0.4 is 4.74 Å². The molecule has 0 bridgehead atoms. The van der Waals surface area contributed by atoms with Gasteiger partial charge >= 0.3 is 0 Å². The molecule has 0 N–H and O–H groups in total. The van der Waals surface area contributed by atoms with E-state index < -0.39 is 5.78 Å². The first-order chi connectivity index (χ1) is 8.79. The summed E-state index contributed by atoms with van der Waals surface area (Å²) < 4.78 is 5.57. The molecule has 0 radical (unpaired) electrons. The summed E-state index contributed by atoms with van der Waals surface area (Å²) in [6.07, 6.45) is 0. The topological polar surface area (TPSA) is 50.1 Å². The Bertz CT molecular complexity index is 568. The molecule has 0 saturated heterocycles. The fourth-order valence-electron chi connectivity index (χ4n) is 1.51.